The molecule has 0 bridgehead atoms. The minimum absolute atomic E-state index is 0.321. The van der Waals surface area contributed by atoms with Crippen LogP contribution in [0.4, 0.5) is 4.39 Å². The van der Waals surface area contributed by atoms with Crippen LogP contribution in [0.5, 0.6) is 11.5 Å². The molecule has 1 aromatic heterocycles. The molecular formula is C16H13FN2O. The Bertz CT molecular complexity index is 737. The van der Waals surface area contributed by atoms with Crippen LogP contribution < -0.4 is 4.74 Å². The van der Waals surface area contributed by atoms with Gasteiger partial charge in [-0.25, -0.2) is 9.07 Å². The highest BCUT2D eigenvalue weighted by Crippen LogP contribution is 2.25. The van der Waals surface area contributed by atoms with Gasteiger partial charge in [-0.15, -0.1) is 0 Å². The summed E-state index contributed by atoms with van der Waals surface area (Å²) < 4.78 is 20.9. The molecule has 0 spiro atoms. The molecule has 0 fully saturated rings. The summed E-state index contributed by atoms with van der Waals surface area (Å²) in [6, 6.07) is 14.2. The zero-order valence-electron chi connectivity index (χ0n) is 11.0. The van der Waals surface area contributed by atoms with Crippen molar-refractivity contribution in [3.05, 3.63) is 72.3 Å². The minimum Gasteiger partial charge on any atom is -0.454 e. The molecule has 0 atom stereocenters. The molecule has 0 unspecified atom stereocenters. The lowest BCUT2D eigenvalue weighted by Crippen LogP contribution is -1.97. The maximum Gasteiger partial charge on any atom is 0.165 e. The molecule has 4 heteroatoms. The van der Waals surface area contributed by atoms with Gasteiger partial charge in [0.25, 0.3) is 0 Å². The van der Waals surface area contributed by atoms with E-state index in [4.69, 9.17) is 4.74 Å². The summed E-state index contributed by atoms with van der Waals surface area (Å²) in [5.41, 5.74) is 1.43. The Balaban J connectivity index is 1.88. The van der Waals surface area contributed by atoms with Gasteiger partial charge in [-0.05, 0) is 30.7 Å². The van der Waals surface area contributed by atoms with Crippen LogP contribution >= 0.6 is 0 Å². The summed E-state index contributed by atoms with van der Waals surface area (Å²) >= 11 is 0. The standard InChI is InChI=1S/C16H13FN2O/c1-12-6-2-5-9-16(12)20-13-10-18-19(11-13)15-8-4-3-7-14(15)17/h2-11H,1H3. The second kappa shape index (κ2) is 5.17. The topological polar surface area (TPSA) is 27.1 Å². The molecule has 0 aliphatic heterocycles. The summed E-state index contributed by atoms with van der Waals surface area (Å²) in [6.45, 7) is 1.97. The Morgan fingerprint density at radius 3 is 2.60 bits per heavy atom. The highest BCUT2D eigenvalue weighted by molar-refractivity contribution is 5.38. The largest absolute Gasteiger partial charge is 0.454 e. The molecule has 0 saturated carbocycles. The summed E-state index contributed by atoms with van der Waals surface area (Å²) in [7, 11) is 0. The molecule has 0 radical (unpaired) electrons. The van der Waals surface area contributed by atoms with Gasteiger partial charge in [-0.3, -0.25) is 0 Å². The van der Waals surface area contributed by atoms with Crippen LogP contribution in [-0.4, -0.2) is 9.78 Å². The number of hydrogen-bond donors (Lipinski definition) is 0. The number of halogens is 1. The maximum atomic E-state index is 13.7. The van der Waals surface area contributed by atoms with Crippen LogP contribution in [0.25, 0.3) is 5.69 Å². The van der Waals surface area contributed by atoms with Gasteiger partial charge >= 0.3 is 0 Å². The molecule has 0 amide bonds. The van der Waals surface area contributed by atoms with E-state index >= 15 is 0 Å². The van der Waals surface area contributed by atoms with Gasteiger partial charge in [-0.2, -0.15) is 5.10 Å². The normalized spacial score (nSPS) is 10.5. The first-order chi connectivity index (χ1) is 9.74. The van der Waals surface area contributed by atoms with Crippen LogP contribution in [-0.2, 0) is 0 Å². The van der Waals surface area contributed by atoms with Gasteiger partial charge in [0.15, 0.2) is 5.75 Å². The van der Waals surface area contributed by atoms with E-state index in [1.807, 2.05) is 31.2 Å². The van der Waals surface area contributed by atoms with E-state index in [1.54, 1.807) is 30.6 Å². The molecule has 3 aromatic rings. The third kappa shape index (κ3) is 2.40. The highest BCUT2D eigenvalue weighted by Gasteiger charge is 2.07. The fourth-order valence-corrected chi connectivity index (χ4v) is 1.93. The zero-order chi connectivity index (χ0) is 13.9. The third-order valence-corrected chi connectivity index (χ3v) is 2.98. The van der Waals surface area contributed by atoms with Gasteiger partial charge < -0.3 is 4.74 Å². The summed E-state index contributed by atoms with van der Waals surface area (Å²) in [4.78, 5) is 0. The maximum absolute atomic E-state index is 13.7. The van der Waals surface area contributed by atoms with Gasteiger partial charge in [0, 0.05) is 0 Å². The molecule has 20 heavy (non-hydrogen) atoms. The fourth-order valence-electron chi connectivity index (χ4n) is 1.93. The van der Waals surface area contributed by atoms with Crippen LogP contribution in [0.3, 0.4) is 0 Å². The fraction of sp³-hybridized carbons (Fsp3) is 0.0625. The average Bonchev–Trinajstić information content (AvgIpc) is 2.90. The number of aryl methyl sites for hydroxylation is 1. The molecule has 0 N–H and O–H groups in total. The number of aromatic nitrogens is 2. The van der Waals surface area contributed by atoms with E-state index in [9.17, 15) is 4.39 Å². The molecule has 2 aromatic carbocycles. The molecule has 1 heterocycles. The first-order valence-corrected chi connectivity index (χ1v) is 6.27. The molecule has 3 rings (SSSR count). The molecule has 0 aliphatic rings. The van der Waals surface area contributed by atoms with E-state index in [1.165, 1.54) is 10.7 Å². The van der Waals surface area contributed by atoms with E-state index in [0.29, 0.717) is 11.4 Å². The zero-order valence-corrected chi connectivity index (χ0v) is 11.0. The first-order valence-electron chi connectivity index (χ1n) is 6.27. The number of nitrogens with zero attached hydrogens (tertiary/aromatic N) is 2. The Kier molecular flexibility index (Phi) is 3.21. The van der Waals surface area contributed by atoms with E-state index in [2.05, 4.69) is 5.10 Å². The van der Waals surface area contributed by atoms with Crippen molar-refractivity contribution < 1.29 is 9.13 Å². The van der Waals surface area contributed by atoms with Crippen LogP contribution in [0.2, 0.25) is 0 Å². The van der Waals surface area contributed by atoms with E-state index < -0.39 is 0 Å². The molecule has 100 valence electrons. The number of rotatable bonds is 3. The van der Waals surface area contributed by atoms with Crippen molar-refractivity contribution in [2.24, 2.45) is 0 Å². The number of ether oxygens (including phenoxy) is 1. The number of benzene rings is 2. The van der Waals surface area contributed by atoms with Crippen molar-refractivity contribution in [1.82, 2.24) is 9.78 Å². The molecule has 0 saturated heterocycles. The Labute approximate surface area is 116 Å². The number of hydrogen-bond acceptors (Lipinski definition) is 2. The van der Waals surface area contributed by atoms with Gasteiger partial charge in [-0.1, -0.05) is 30.3 Å². The molecular weight excluding hydrogens is 255 g/mol. The van der Waals surface area contributed by atoms with Crippen molar-refractivity contribution in [3.63, 3.8) is 0 Å². The van der Waals surface area contributed by atoms with Gasteiger partial charge in [0.2, 0.25) is 0 Å². The first kappa shape index (κ1) is 12.4. The Morgan fingerprint density at radius 1 is 1.05 bits per heavy atom. The van der Waals surface area contributed by atoms with Crippen molar-refractivity contribution in [3.8, 4) is 17.2 Å². The quantitative estimate of drug-likeness (QED) is 0.714. The monoisotopic (exact) mass is 268 g/mol. The van der Waals surface area contributed by atoms with Crippen molar-refractivity contribution in [1.29, 1.82) is 0 Å². The number of para-hydroxylation sites is 2. The predicted molar refractivity (Wildman–Crippen MR) is 74.8 cm³/mol. The SMILES string of the molecule is Cc1ccccc1Oc1cnn(-c2ccccc2F)c1. The lowest BCUT2D eigenvalue weighted by Gasteiger charge is -2.05. The van der Waals surface area contributed by atoms with Crippen LogP contribution in [0.1, 0.15) is 5.56 Å². The predicted octanol–water partition coefficient (Wildman–Crippen LogP) is 4.11. The van der Waals surface area contributed by atoms with Gasteiger partial charge in [0.1, 0.15) is 17.3 Å². The molecule has 3 nitrogen and oxygen atoms in total. The third-order valence-electron chi connectivity index (χ3n) is 2.98. The Morgan fingerprint density at radius 2 is 1.80 bits per heavy atom. The van der Waals surface area contributed by atoms with E-state index in [-0.39, 0.29) is 5.82 Å². The van der Waals surface area contributed by atoms with Crippen molar-refractivity contribution >= 4 is 0 Å². The summed E-state index contributed by atoms with van der Waals surface area (Å²) in [5.74, 6) is 1.01. The summed E-state index contributed by atoms with van der Waals surface area (Å²) in [6.07, 6.45) is 3.23. The smallest absolute Gasteiger partial charge is 0.165 e. The molecule has 0 aliphatic carbocycles. The van der Waals surface area contributed by atoms with Gasteiger partial charge in [0.05, 0.1) is 12.4 Å². The second-order valence-corrected chi connectivity index (χ2v) is 4.44. The Hall–Kier alpha value is -2.62. The van der Waals surface area contributed by atoms with Crippen LogP contribution in [0, 0.1) is 12.7 Å². The van der Waals surface area contributed by atoms with E-state index in [0.717, 1.165) is 11.3 Å². The van der Waals surface area contributed by atoms with Crippen LogP contribution in [0.15, 0.2) is 60.9 Å². The highest BCUT2D eigenvalue weighted by atomic mass is 19.1. The minimum atomic E-state index is -0.321. The van der Waals surface area contributed by atoms with Crippen molar-refractivity contribution in [2.75, 3.05) is 0 Å². The lowest BCUT2D eigenvalue weighted by molar-refractivity contribution is 0.478. The summed E-state index contributed by atoms with van der Waals surface area (Å²) in [5, 5.41) is 4.12. The second-order valence-electron chi connectivity index (χ2n) is 4.44. The van der Waals surface area contributed by atoms with Crippen molar-refractivity contribution in [2.45, 2.75) is 6.92 Å². The lowest BCUT2D eigenvalue weighted by atomic mass is 10.2. The average molecular weight is 268 g/mol.